The highest BCUT2D eigenvalue weighted by molar-refractivity contribution is 5.82. The molecule has 0 bridgehead atoms. The van der Waals surface area contributed by atoms with Gasteiger partial charge in [0.15, 0.2) is 17.5 Å². The zero-order valence-corrected chi connectivity index (χ0v) is 28.3. The molecule has 0 atom stereocenters. The van der Waals surface area contributed by atoms with Gasteiger partial charge in [0.1, 0.15) is 0 Å². The molecule has 0 aliphatic heterocycles. The molecular formula is C48H35N3. The minimum absolute atomic E-state index is 0.624. The first-order valence-corrected chi connectivity index (χ1v) is 17.2. The second-order valence-electron chi connectivity index (χ2n) is 12.5. The standard InChI is InChI=1S/C48H35N3/c1-34(35-18-6-2-7-19-35)43-30-14-15-31-44(43)45(37-22-10-4-11-23-37)40-27-17-29-42(33-40)48-50-46(38-24-12-5-13-25-38)49-47(51-48)41-28-16-26-39(32-41)36-20-8-3-9-21-36/h2-33H,1H3/b43-34+,45-44+. The second-order valence-corrected chi connectivity index (χ2v) is 12.5. The largest absolute Gasteiger partial charge is 0.208 e. The fourth-order valence-electron chi connectivity index (χ4n) is 6.59. The first-order chi connectivity index (χ1) is 25.2. The number of hydrogen-bond acceptors (Lipinski definition) is 3. The van der Waals surface area contributed by atoms with E-state index in [4.69, 9.17) is 15.0 Å². The Bertz CT molecular complexity index is 2560. The van der Waals surface area contributed by atoms with Gasteiger partial charge in [0.25, 0.3) is 0 Å². The summed E-state index contributed by atoms with van der Waals surface area (Å²) in [6.07, 6.45) is 0. The monoisotopic (exact) mass is 653 g/mol. The van der Waals surface area contributed by atoms with Gasteiger partial charge in [0.05, 0.1) is 0 Å². The van der Waals surface area contributed by atoms with Crippen LogP contribution >= 0.6 is 0 Å². The lowest BCUT2D eigenvalue weighted by Gasteiger charge is -2.13. The molecule has 7 aromatic carbocycles. The normalized spacial score (nSPS) is 12.3. The van der Waals surface area contributed by atoms with Crippen LogP contribution in [0.3, 0.4) is 0 Å². The summed E-state index contributed by atoms with van der Waals surface area (Å²) in [7, 11) is 0. The smallest absolute Gasteiger partial charge is 0.164 e. The van der Waals surface area contributed by atoms with Crippen LogP contribution in [0.4, 0.5) is 0 Å². The molecule has 8 aromatic rings. The number of rotatable bonds is 7. The van der Waals surface area contributed by atoms with Crippen molar-refractivity contribution in [2.75, 3.05) is 0 Å². The Labute approximate surface area is 298 Å². The molecule has 3 nitrogen and oxygen atoms in total. The van der Waals surface area contributed by atoms with Crippen LogP contribution in [0.25, 0.3) is 56.4 Å². The fraction of sp³-hybridized carbons (Fsp3) is 0.0208. The molecule has 0 unspecified atom stereocenters. The van der Waals surface area contributed by atoms with Crippen LogP contribution in [-0.2, 0) is 0 Å². The highest BCUT2D eigenvalue weighted by Crippen LogP contribution is 2.30. The Morgan fingerprint density at radius 1 is 0.314 bits per heavy atom. The molecular weight excluding hydrogens is 619 g/mol. The van der Waals surface area contributed by atoms with E-state index in [1.165, 1.54) is 21.6 Å². The average Bonchev–Trinajstić information content (AvgIpc) is 3.22. The maximum atomic E-state index is 5.13. The van der Waals surface area contributed by atoms with E-state index in [1.807, 2.05) is 36.4 Å². The molecule has 1 heterocycles. The van der Waals surface area contributed by atoms with Gasteiger partial charge in [0.2, 0.25) is 0 Å². The van der Waals surface area contributed by atoms with Gasteiger partial charge in [-0.3, -0.25) is 0 Å². The van der Waals surface area contributed by atoms with Gasteiger partial charge in [-0.1, -0.05) is 182 Å². The quantitative estimate of drug-likeness (QED) is 0.172. The summed E-state index contributed by atoms with van der Waals surface area (Å²) in [6.45, 7) is 2.21. The molecule has 0 saturated heterocycles. The third kappa shape index (κ3) is 6.79. The van der Waals surface area contributed by atoms with Crippen LogP contribution in [0.15, 0.2) is 194 Å². The predicted octanol–water partition coefficient (Wildman–Crippen LogP) is 10.0. The lowest BCUT2D eigenvalue weighted by Crippen LogP contribution is -2.29. The van der Waals surface area contributed by atoms with Gasteiger partial charge in [-0.25, -0.2) is 15.0 Å². The highest BCUT2D eigenvalue weighted by atomic mass is 15.0. The van der Waals surface area contributed by atoms with Crippen molar-refractivity contribution in [2.45, 2.75) is 6.92 Å². The van der Waals surface area contributed by atoms with Gasteiger partial charge in [-0.05, 0) is 68.5 Å². The molecule has 3 heteroatoms. The van der Waals surface area contributed by atoms with Crippen LogP contribution in [0.2, 0.25) is 0 Å². The highest BCUT2D eigenvalue weighted by Gasteiger charge is 2.15. The first-order valence-electron chi connectivity index (χ1n) is 17.2. The Hall–Kier alpha value is -6.71. The van der Waals surface area contributed by atoms with E-state index in [-0.39, 0.29) is 0 Å². The van der Waals surface area contributed by atoms with Crippen LogP contribution in [-0.4, -0.2) is 15.0 Å². The minimum atomic E-state index is 0.624. The van der Waals surface area contributed by atoms with Crippen molar-refractivity contribution < 1.29 is 0 Å². The molecule has 0 aliphatic carbocycles. The fourth-order valence-corrected chi connectivity index (χ4v) is 6.59. The van der Waals surface area contributed by atoms with E-state index < -0.39 is 0 Å². The average molecular weight is 654 g/mol. The van der Waals surface area contributed by atoms with Crippen molar-refractivity contribution in [2.24, 2.45) is 0 Å². The van der Waals surface area contributed by atoms with Crippen molar-refractivity contribution >= 4 is 11.1 Å². The third-order valence-electron chi connectivity index (χ3n) is 9.17. The summed E-state index contributed by atoms with van der Waals surface area (Å²) in [5, 5.41) is 2.36. The van der Waals surface area contributed by atoms with Crippen LogP contribution < -0.4 is 10.4 Å². The maximum Gasteiger partial charge on any atom is 0.164 e. The second kappa shape index (κ2) is 14.4. The lowest BCUT2D eigenvalue weighted by atomic mass is 9.92. The summed E-state index contributed by atoms with van der Waals surface area (Å²) in [6, 6.07) is 67.5. The van der Waals surface area contributed by atoms with Crippen molar-refractivity contribution in [3.05, 3.63) is 221 Å². The number of hydrogen-bond donors (Lipinski definition) is 0. The molecule has 8 rings (SSSR count). The summed E-state index contributed by atoms with van der Waals surface area (Å²) in [5.74, 6) is 1.89. The SMILES string of the molecule is C/C(c1ccccc1)=c1/cccc/c1=C(/c1ccccc1)c1cccc(-c2nc(-c3ccccc3)nc(-c3cccc(-c4ccccc4)c3)n2)c1. The molecule has 0 N–H and O–H groups in total. The van der Waals surface area contributed by atoms with E-state index in [9.17, 15) is 0 Å². The number of nitrogens with zero attached hydrogens (tertiary/aromatic N) is 3. The van der Waals surface area contributed by atoms with Crippen molar-refractivity contribution in [1.82, 2.24) is 15.0 Å². The molecule has 0 spiro atoms. The van der Waals surface area contributed by atoms with Gasteiger partial charge in [-0.15, -0.1) is 0 Å². The van der Waals surface area contributed by atoms with E-state index in [1.54, 1.807) is 0 Å². The summed E-state index contributed by atoms with van der Waals surface area (Å²) in [5.41, 5.74) is 10.9. The van der Waals surface area contributed by atoms with Crippen molar-refractivity contribution in [3.63, 3.8) is 0 Å². The Kier molecular flexibility index (Phi) is 8.92. The van der Waals surface area contributed by atoms with E-state index in [2.05, 4.69) is 165 Å². The molecule has 1 aromatic heterocycles. The topological polar surface area (TPSA) is 38.7 Å². The molecule has 51 heavy (non-hydrogen) atoms. The van der Waals surface area contributed by atoms with E-state index in [0.717, 1.165) is 44.5 Å². The summed E-state index contributed by atoms with van der Waals surface area (Å²) in [4.78, 5) is 15.2. The van der Waals surface area contributed by atoms with Crippen LogP contribution in [0.1, 0.15) is 23.6 Å². The molecule has 0 aliphatic rings. The molecule has 0 radical (unpaired) electrons. The molecule has 0 amide bonds. The van der Waals surface area contributed by atoms with E-state index in [0.29, 0.717) is 17.5 Å². The van der Waals surface area contributed by atoms with Crippen molar-refractivity contribution in [3.8, 4) is 45.3 Å². The Morgan fingerprint density at radius 3 is 1.35 bits per heavy atom. The van der Waals surface area contributed by atoms with Gasteiger partial charge in [0, 0.05) is 16.7 Å². The molecule has 0 fully saturated rings. The van der Waals surface area contributed by atoms with E-state index >= 15 is 0 Å². The predicted molar refractivity (Wildman–Crippen MR) is 210 cm³/mol. The van der Waals surface area contributed by atoms with Crippen LogP contribution in [0, 0.1) is 0 Å². The lowest BCUT2D eigenvalue weighted by molar-refractivity contribution is 1.07. The minimum Gasteiger partial charge on any atom is -0.208 e. The molecule has 0 saturated carbocycles. The van der Waals surface area contributed by atoms with Crippen LogP contribution in [0.5, 0.6) is 0 Å². The van der Waals surface area contributed by atoms with Gasteiger partial charge in [-0.2, -0.15) is 0 Å². The summed E-state index contributed by atoms with van der Waals surface area (Å²) >= 11 is 0. The Morgan fingerprint density at radius 2 is 0.725 bits per heavy atom. The number of benzene rings is 7. The van der Waals surface area contributed by atoms with Gasteiger partial charge < -0.3 is 0 Å². The third-order valence-corrected chi connectivity index (χ3v) is 9.17. The zero-order chi connectivity index (χ0) is 34.4. The first kappa shape index (κ1) is 31.6. The summed E-state index contributed by atoms with van der Waals surface area (Å²) < 4.78 is 0. The molecule has 242 valence electrons. The number of aromatic nitrogens is 3. The van der Waals surface area contributed by atoms with Crippen molar-refractivity contribution in [1.29, 1.82) is 0 Å². The maximum absolute atomic E-state index is 5.13. The van der Waals surface area contributed by atoms with Gasteiger partial charge >= 0.3 is 0 Å². The zero-order valence-electron chi connectivity index (χ0n) is 28.3. The Balaban J connectivity index is 1.34.